The average Bonchev–Trinajstić information content (AvgIpc) is 2.68. The van der Waals surface area contributed by atoms with Gasteiger partial charge in [0.2, 0.25) is 0 Å². The summed E-state index contributed by atoms with van der Waals surface area (Å²) >= 11 is 3.39. The maximum atomic E-state index is 10.4. The summed E-state index contributed by atoms with van der Waals surface area (Å²) < 4.78 is 0. The highest BCUT2D eigenvalue weighted by Gasteiger charge is 2.15. The predicted molar refractivity (Wildman–Crippen MR) is 76.1 cm³/mol. The normalized spacial score (nSPS) is 12.7. The number of rotatable bonds is 3. The molecule has 3 heteroatoms. The van der Waals surface area contributed by atoms with Crippen molar-refractivity contribution >= 4 is 23.1 Å². The zero-order valence-corrected chi connectivity index (χ0v) is 11.9. The van der Waals surface area contributed by atoms with Gasteiger partial charge in [0.25, 0.3) is 0 Å². The van der Waals surface area contributed by atoms with Crippen molar-refractivity contribution in [3.8, 4) is 0 Å². The minimum Gasteiger partial charge on any atom is -0.383 e. The highest BCUT2D eigenvalue weighted by atomic mass is 32.2. The van der Waals surface area contributed by atoms with Crippen LogP contribution >= 0.6 is 23.1 Å². The topological polar surface area (TPSA) is 20.2 Å². The van der Waals surface area contributed by atoms with Gasteiger partial charge in [0.05, 0.1) is 0 Å². The van der Waals surface area contributed by atoms with Crippen molar-refractivity contribution in [2.24, 2.45) is 0 Å². The molecule has 0 bridgehead atoms. The maximum absolute atomic E-state index is 10.4. The molecule has 1 aromatic heterocycles. The zero-order valence-electron chi connectivity index (χ0n) is 10.2. The van der Waals surface area contributed by atoms with E-state index >= 15 is 0 Å². The van der Waals surface area contributed by atoms with Gasteiger partial charge in [0.1, 0.15) is 6.10 Å². The molecule has 1 heterocycles. The summed E-state index contributed by atoms with van der Waals surface area (Å²) in [5, 5.41) is 10.4. The molecular weight excluding hydrogens is 248 g/mol. The first kappa shape index (κ1) is 12.7. The fourth-order valence-electron chi connectivity index (χ4n) is 1.87. The SMILES string of the molecule is CSc1ccc(C(O)c2sc(C)cc2C)cc1. The van der Waals surface area contributed by atoms with E-state index in [0.29, 0.717) is 0 Å². The third-order valence-corrected chi connectivity index (χ3v) is 4.71. The molecule has 1 aromatic carbocycles. The number of hydrogen-bond acceptors (Lipinski definition) is 3. The van der Waals surface area contributed by atoms with E-state index in [1.807, 2.05) is 12.1 Å². The number of aryl methyl sites for hydroxylation is 2. The first-order valence-corrected chi connectivity index (χ1v) is 7.55. The molecule has 2 rings (SSSR count). The van der Waals surface area contributed by atoms with E-state index in [1.165, 1.54) is 15.3 Å². The summed E-state index contributed by atoms with van der Waals surface area (Å²) in [6.45, 7) is 4.13. The van der Waals surface area contributed by atoms with Crippen LogP contribution in [0.5, 0.6) is 0 Å². The molecule has 0 fully saturated rings. The minimum absolute atomic E-state index is 0.496. The van der Waals surface area contributed by atoms with Crippen molar-refractivity contribution in [1.29, 1.82) is 0 Å². The van der Waals surface area contributed by atoms with Crippen molar-refractivity contribution in [1.82, 2.24) is 0 Å². The van der Waals surface area contributed by atoms with Crippen molar-refractivity contribution in [2.45, 2.75) is 24.8 Å². The molecule has 0 aliphatic carbocycles. The van der Waals surface area contributed by atoms with Crippen LogP contribution < -0.4 is 0 Å². The molecule has 17 heavy (non-hydrogen) atoms. The maximum Gasteiger partial charge on any atom is 0.113 e. The molecule has 1 nitrogen and oxygen atoms in total. The number of benzene rings is 1. The second-order valence-electron chi connectivity index (χ2n) is 4.08. The number of aliphatic hydroxyl groups excluding tert-OH is 1. The molecule has 0 amide bonds. The Morgan fingerprint density at radius 1 is 1.18 bits per heavy atom. The van der Waals surface area contributed by atoms with Gasteiger partial charge in [0, 0.05) is 14.6 Å². The molecule has 0 radical (unpaired) electrons. The first-order chi connectivity index (χ1) is 8.11. The Kier molecular flexibility index (Phi) is 3.92. The van der Waals surface area contributed by atoms with Crippen LogP contribution in [-0.2, 0) is 0 Å². The molecule has 1 N–H and O–H groups in total. The van der Waals surface area contributed by atoms with Crippen molar-refractivity contribution in [2.75, 3.05) is 6.26 Å². The van der Waals surface area contributed by atoms with Gasteiger partial charge in [-0.25, -0.2) is 0 Å². The van der Waals surface area contributed by atoms with Gasteiger partial charge in [0.15, 0.2) is 0 Å². The third kappa shape index (κ3) is 2.73. The Balaban J connectivity index is 2.30. The van der Waals surface area contributed by atoms with Gasteiger partial charge in [-0.2, -0.15) is 0 Å². The fraction of sp³-hybridized carbons (Fsp3) is 0.286. The number of hydrogen-bond donors (Lipinski definition) is 1. The number of thiophene rings is 1. The Labute approximate surface area is 111 Å². The smallest absolute Gasteiger partial charge is 0.113 e. The molecule has 0 spiro atoms. The monoisotopic (exact) mass is 264 g/mol. The Morgan fingerprint density at radius 3 is 2.29 bits per heavy atom. The summed E-state index contributed by atoms with van der Waals surface area (Å²) in [4.78, 5) is 3.52. The van der Waals surface area contributed by atoms with Crippen LogP contribution in [0.3, 0.4) is 0 Å². The highest BCUT2D eigenvalue weighted by Crippen LogP contribution is 2.32. The second-order valence-corrected chi connectivity index (χ2v) is 6.25. The van der Waals surface area contributed by atoms with Gasteiger partial charge in [-0.15, -0.1) is 23.1 Å². The largest absolute Gasteiger partial charge is 0.383 e. The lowest BCUT2D eigenvalue weighted by molar-refractivity contribution is 0.223. The molecule has 1 unspecified atom stereocenters. The van der Waals surface area contributed by atoms with Gasteiger partial charge in [-0.05, 0) is 49.4 Å². The lowest BCUT2D eigenvalue weighted by atomic mass is 10.1. The molecule has 0 aliphatic rings. The fourth-order valence-corrected chi connectivity index (χ4v) is 3.33. The van der Waals surface area contributed by atoms with E-state index in [9.17, 15) is 5.11 Å². The molecule has 0 aliphatic heterocycles. The first-order valence-electron chi connectivity index (χ1n) is 5.50. The average molecular weight is 264 g/mol. The van der Waals surface area contributed by atoms with Crippen molar-refractivity contribution < 1.29 is 5.11 Å². The van der Waals surface area contributed by atoms with Crippen LogP contribution in [-0.4, -0.2) is 11.4 Å². The van der Waals surface area contributed by atoms with E-state index in [-0.39, 0.29) is 0 Å². The van der Waals surface area contributed by atoms with E-state index < -0.39 is 6.10 Å². The predicted octanol–water partition coefficient (Wildman–Crippen LogP) is 4.17. The molecule has 0 saturated carbocycles. The van der Waals surface area contributed by atoms with E-state index in [2.05, 4.69) is 38.3 Å². The van der Waals surface area contributed by atoms with Crippen LogP contribution in [0.25, 0.3) is 0 Å². The Bertz CT molecular complexity index is 499. The number of thioether (sulfide) groups is 1. The van der Waals surface area contributed by atoms with Crippen LogP contribution in [0.1, 0.15) is 27.0 Å². The van der Waals surface area contributed by atoms with Gasteiger partial charge < -0.3 is 5.11 Å². The summed E-state index contributed by atoms with van der Waals surface area (Å²) in [6.07, 6.45) is 1.56. The molecular formula is C14H16OS2. The number of aliphatic hydroxyl groups is 1. The van der Waals surface area contributed by atoms with Crippen LogP contribution in [0.15, 0.2) is 35.2 Å². The summed E-state index contributed by atoms with van der Waals surface area (Å²) in [6, 6.07) is 10.2. The van der Waals surface area contributed by atoms with Crippen LogP contribution in [0, 0.1) is 13.8 Å². The van der Waals surface area contributed by atoms with Crippen LogP contribution in [0.2, 0.25) is 0 Å². The quantitative estimate of drug-likeness (QED) is 0.840. The molecule has 2 aromatic rings. The van der Waals surface area contributed by atoms with E-state index in [0.717, 1.165) is 10.4 Å². The summed E-state index contributed by atoms with van der Waals surface area (Å²) in [7, 11) is 0. The summed E-state index contributed by atoms with van der Waals surface area (Å²) in [5.41, 5.74) is 2.14. The lowest BCUT2D eigenvalue weighted by Gasteiger charge is -2.10. The zero-order chi connectivity index (χ0) is 12.4. The molecule has 1 atom stereocenters. The molecule has 90 valence electrons. The third-order valence-electron chi connectivity index (χ3n) is 2.76. The van der Waals surface area contributed by atoms with Gasteiger partial charge in [-0.1, -0.05) is 12.1 Å². The Morgan fingerprint density at radius 2 is 1.82 bits per heavy atom. The lowest BCUT2D eigenvalue weighted by Crippen LogP contribution is -1.98. The summed E-state index contributed by atoms with van der Waals surface area (Å²) in [5.74, 6) is 0. The van der Waals surface area contributed by atoms with Crippen molar-refractivity contribution in [3.63, 3.8) is 0 Å². The van der Waals surface area contributed by atoms with Gasteiger partial charge in [-0.3, -0.25) is 0 Å². The highest BCUT2D eigenvalue weighted by molar-refractivity contribution is 7.98. The minimum atomic E-state index is -0.496. The van der Waals surface area contributed by atoms with E-state index in [1.54, 1.807) is 23.1 Å². The standard InChI is InChI=1S/C14H16OS2/c1-9-8-10(2)17-14(9)13(15)11-4-6-12(16-3)7-5-11/h4-8,13,15H,1-3H3. The van der Waals surface area contributed by atoms with E-state index in [4.69, 9.17) is 0 Å². The van der Waals surface area contributed by atoms with Crippen LogP contribution in [0.4, 0.5) is 0 Å². The molecule has 0 saturated heterocycles. The Hall–Kier alpha value is -0.770. The second kappa shape index (κ2) is 5.25. The van der Waals surface area contributed by atoms with Crippen molar-refractivity contribution in [3.05, 3.63) is 51.2 Å². The van der Waals surface area contributed by atoms with Gasteiger partial charge >= 0.3 is 0 Å².